The first kappa shape index (κ1) is 17.3. The predicted octanol–water partition coefficient (Wildman–Crippen LogP) is 3.36. The summed E-state index contributed by atoms with van der Waals surface area (Å²) in [7, 11) is 0. The van der Waals surface area contributed by atoms with Crippen LogP contribution >= 0.6 is 0 Å². The Hall–Kier alpha value is -2.02. The molecule has 0 spiro atoms. The minimum Gasteiger partial charge on any atom is -0.463 e. The van der Waals surface area contributed by atoms with Crippen molar-refractivity contribution in [3.05, 3.63) is 36.0 Å². The molecule has 0 saturated heterocycles. The standard InChI is InChI=1S/C16H18F3NO3/c1-3-9-20-10-12(11-7-5-6-8-13(11)20)15(22,16(17,18)19)14(21)23-4-2/h5-8,10,22H,3-4,9H2,1-2H3. The quantitative estimate of drug-likeness (QED) is 0.856. The molecule has 1 aromatic carbocycles. The topological polar surface area (TPSA) is 51.5 Å². The van der Waals surface area contributed by atoms with E-state index < -0.39 is 23.3 Å². The van der Waals surface area contributed by atoms with Crippen LogP contribution in [0.15, 0.2) is 30.5 Å². The molecular formula is C16H18F3NO3. The number of ether oxygens (including phenoxy) is 1. The molecule has 1 unspecified atom stereocenters. The fourth-order valence-electron chi connectivity index (χ4n) is 2.57. The van der Waals surface area contributed by atoms with Crippen molar-refractivity contribution >= 4 is 16.9 Å². The first-order valence-corrected chi connectivity index (χ1v) is 7.32. The first-order valence-electron chi connectivity index (χ1n) is 7.32. The maximum absolute atomic E-state index is 13.5. The Kier molecular flexibility index (Phi) is 4.70. The van der Waals surface area contributed by atoms with E-state index in [0.717, 1.165) is 0 Å². The maximum Gasteiger partial charge on any atom is 0.432 e. The number of hydrogen-bond donors (Lipinski definition) is 1. The number of carbonyl (C=O) groups is 1. The number of carbonyl (C=O) groups excluding carboxylic acids is 1. The van der Waals surface area contributed by atoms with Gasteiger partial charge in [0, 0.05) is 29.2 Å². The van der Waals surface area contributed by atoms with E-state index in [9.17, 15) is 23.1 Å². The molecule has 7 heteroatoms. The van der Waals surface area contributed by atoms with Crippen molar-refractivity contribution in [3.63, 3.8) is 0 Å². The van der Waals surface area contributed by atoms with E-state index in [1.807, 2.05) is 6.92 Å². The second-order valence-corrected chi connectivity index (χ2v) is 5.18. The zero-order valence-electron chi connectivity index (χ0n) is 12.9. The summed E-state index contributed by atoms with van der Waals surface area (Å²) in [6.07, 6.45) is -3.32. The highest BCUT2D eigenvalue weighted by atomic mass is 19.4. The molecule has 126 valence electrons. The van der Waals surface area contributed by atoms with Crippen LogP contribution in [-0.2, 0) is 21.7 Å². The van der Waals surface area contributed by atoms with Gasteiger partial charge in [-0.05, 0) is 19.4 Å². The van der Waals surface area contributed by atoms with Crippen LogP contribution in [0, 0.1) is 0 Å². The van der Waals surface area contributed by atoms with Crippen molar-refractivity contribution in [2.24, 2.45) is 0 Å². The highest BCUT2D eigenvalue weighted by Gasteiger charge is 2.63. The summed E-state index contributed by atoms with van der Waals surface area (Å²) in [6.45, 7) is 3.48. The van der Waals surface area contributed by atoms with E-state index in [-0.39, 0.29) is 12.0 Å². The molecule has 1 N–H and O–H groups in total. The Morgan fingerprint density at radius 3 is 2.48 bits per heavy atom. The highest BCUT2D eigenvalue weighted by Crippen LogP contribution is 2.43. The number of aliphatic hydroxyl groups is 1. The summed E-state index contributed by atoms with van der Waals surface area (Å²) in [4.78, 5) is 11.9. The number of hydrogen-bond acceptors (Lipinski definition) is 3. The minimum absolute atomic E-state index is 0.175. The number of nitrogens with zero attached hydrogens (tertiary/aromatic N) is 1. The summed E-state index contributed by atoms with van der Waals surface area (Å²) >= 11 is 0. The van der Waals surface area contributed by atoms with E-state index >= 15 is 0 Å². The van der Waals surface area contributed by atoms with Crippen molar-refractivity contribution < 1.29 is 27.8 Å². The number of rotatable bonds is 5. The lowest BCUT2D eigenvalue weighted by Gasteiger charge is -2.27. The fraction of sp³-hybridized carbons (Fsp3) is 0.438. The number of aryl methyl sites for hydroxylation is 1. The van der Waals surface area contributed by atoms with Crippen molar-refractivity contribution in [1.29, 1.82) is 0 Å². The summed E-state index contributed by atoms with van der Waals surface area (Å²) in [5, 5.41) is 10.5. The van der Waals surface area contributed by atoms with Crippen LogP contribution in [0.5, 0.6) is 0 Å². The van der Waals surface area contributed by atoms with E-state index in [1.165, 1.54) is 19.2 Å². The van der Waals surface area contributed by atoms with Gasteiger partial charge in [0.25, 0.3) is 5.60 Å². The molecule has 1 aromatic heterocycles. The Labute approximate surface area is 131 Å². The van der Waals surface area contributed by atoms with E-state index in [2.05, 4.69) is 4.74 Å². The van der Waals surface area contributed by atoms with Gasteiger partial charge in [-0.1, -0.05) is 25.1 Å². The number of esters is 1. The highest BCUT2D eigenvalue weighted by molar-refractivity contribution is 5.92. The van der Waals surface area contributed by atoms with Gasteiger partial charge in [-0.2, -0.15) is 13.2 Å². The smallest absolute Gasteiger partial charge is 0.432 e. The van der Waals surface area contributed by atoms with Gasteiger partial charge in [0.2, 0.25) is 0 Å². The SMILES string of the molecule is CCCn1cc(C(O)(C(=O)OCC)C(F)(F)F)c2ccccc21. The van der Waals surface area contributed by atoms with Gasteiger partial charge < -0.3 is 14.4 Å². The number of benzene rings is 1. The molecule has 0 fully saturated rings. The Morgan fingerprint density at radius 1 is 1.26 bits per heavy atom. The van der Waals surface area contributed by atoms with Crippen LogP contribution in [0.1, 0.15) is 25.8 Å². The van der Waals surface area contributed by atoms with Gasteiger partial charge >= 0.3 is 12.1 Å². The Balaban J connectivity index is 2.74. The van der Waals surface area contributed by atoms with Gasteiger partial charge in [-0.3, -0.25) is 0 Å². The molecule has 2 rings (SSSR count). The van der Waals surface area contributed by atoms with Crippen LogP contribution in [0.4, 0.5) is 13.2 Å². The Bertz CT molecular complexity index is 708. The van der Waals surface area contributed by atoms with Crippen LogP contribution in [-0.4, -0.2) is 28.4 Å². The van der Waals surface area contributed by atoms with E-state index in [4.69, 9.17) is 0 Å². The molecular weight excluding hydrogens is 311 g/mol. The van der Waals surface area contributed by atoms with Crippen molar-refractivity contribution in [1.82, 2.24) is 4.57 Å². The third-order valence-corrected chi connectivity index (χ3v) is 3.62. The third kappa shape index (κ3) is 2.81. The molecule has 0 radical (unpaired) electrons. The number of aromatic nitrogens is 1. The molecule has 0 saturated carbocycles. The average molecular weight is 329 g/mol. The van der Waals surface area contributed by atoms with Crippen LogP contribution in [0.25, 0.3) is 10.9 Å². The average Bonchev–Trinajstić information content (AvgIpc) is 2.85. The minimum atomic E-state index is -5.19. The van der Waals surface area contributed by atoms with Crippen LogP contribution in [0.3, 0.4) is 0 Å². The number of halogens is 3. The molecule has 0 aliphatic heterocycles. The van der Waals surface area contributed by atoms with Gasteiger partial charge in [-0.15, -0.1) is 0 Å². The van der Waals surface area contributed by atoms with E-state index in [0.29, 0.717) is 18.5 Å². The predicted molar refractivity (Wildman–Crippen MR) is 78.8 cm³/mol. The summed E-state index contributed by atoms with van der Waals surface area (Å²) < 4.78 is 46.7. The second kappa shape index (κ2) is 6.23. The fourth-order valence-corrected chi connectivity index (χ4v) is 2.57. The molecule has 1 atom stereocenters. The number of alkyl halides is 3. The Morgan fingerprint density at radius 2 is 1.91 bits per heavy atom. The van der Waals surface area contributed by atoms with Gasteiger partial charge in [0.05, 0.1) is 6.61 Å². The van der Waals surface area contributed by atoms with Gasteiger partial charge in [-0.25, -0.2) is 4.79 Å². The summed E-state index contributed by atoms with van der Waals surface area (Å²) in [6, 6.07) is 6.35. The monoisotopic (exact) mass is 329 g/mol. The van der Waals surface area contributed by atoms with Crippen LogP contribution in [0.2, 0.25) is 0 Å². The van der Waals surface area contributed by atoms with Crippen molar-refractivity contribution in [2.45, 2.75) is 38.6 Å². The lowest BCUT2D eigenvalue weighted by atomic mass is 9.92. The number of fused-ring (bicyclic) bond motifs is 1. The van der Waals surface area contributed by atoms with Crippen LogP contribution < -0.4 is 0 Å². The zero-order valence-corrected chi connectivity index (χ0v) is 12.9. The molecule has 0 aliphatic rings. The van der Waals surface area contributed by atoms with Gasteiger partial charge in [0.1, 0.15) is 0 Å². The van der Waals surface area contributed by atoms with Gasteiger partial charge in [0.15, 0.2) is 0 Å². The summed E-state index contributed by atoms with van der Waals surface area (Å²) in [5.41, 5.74) is -3.68. The molecule has 0 amide bonds. The molecule has 1 heterocycles. The second-order valence-electron chi connectivity index (χ2n) is 5.18. The van der Waals surface area contributed by atoms with Crippen molar-refractivity contribution in [3.8, 4) is 0 Å². The molecule has 0 aliphatic carbocycles. The molecule has 0 bridgehead atoms. The molecule has 4 nitrogen and oxygen atoms in total. The lowest BCUT2D eigenvalue weighted by Crippen LogP contribution is -2.50. The number of para-hydroxylation sites is 1. The van der Waals surface area contributed by atoms with E-state index in [1.54, 1.807) is 22.8 Å². The third-order valence-electron chi connectivity index (χ3n) is 3.62. The first-order chi connectivity index (χ1) is 10.8. The zero-order chi connectivity index (χ0) is 17.3. The lowest BCUT2D eigenvalue weighted by molar-refractivity contribution is -0.267. The van der Waals surface area contributed by atoms with Crippen molar-refractivity contribution in [2.75, 3.05) is 6.61 Å². The molecule has 2 aromatic rings. The largest absolute Gasteiger partial charge is 0.463 e. The molecule has 23 heavy (non-hydrogen) atoms. The normalized spacial score (nSPS) is 14.7. The maximum atomic E-state index is 13.5. The summed E-state index contributed by atoms with van der Waals surface area (Å²) in [5.74, 6) is -1.72.